The van der Waals surface area contributed by atoms with Crippen molar-refractivity contribution in [3.05, 3.63) is 71.8 Å². The number of nitrogens with one attached hydrogen (secondary N) is 1. The van der Waals surface area contributed by atoms with Crippen LogP contribution in [0.4, 0.5) is 4.79 Å². The molecule has 0 saturated carbocycles. The molecule has 30 heavy (non-hydrogen) atoms. The number of rotatable bonds is 7. The SMILES string of the molecule is CN(C)CCNC(=O)CN1C(=O)N(C)C(=O)C1(c1ccccc1)c1ccccc1.Cl. The van der Waals surface area contributed by atoms with Gasteiger partial charge < -0.3 is 10.2 Å². The molecule has 0 radical (unpaired) electrons. The molecule has 2 aromatic rings. The number of urea groups is 1. The maximum Gasteiger partial charge on any atom is 0.328 e. The van der Waals surface area contributed by atoms with Crippen LogP contribution in [0.3, 0.4) is 0 Å². The maximum absolute atomic E-state index is 13.5. The van der Waals surface area contributed by atoms with Gasteiger partial charge in [0.05, 0.1) is 0 Å². The highest BCUT2D eigenvalue weighted by Crippen LogP contribution is 2.42. The van der Waals surface area contributed by atoms with E-state index < -0.39 is 11.6 Å². The minimum absolute atomic E-state index is 0. The molecule has 160 valence electrons. The average Bonchev–Trinajstić information content (AvgIpc) is 2.91. The standard InChI is InChI=1S/C22H26N4O3.ClH/c1-24(2)15-14-23-19(27)16-26-21(29)25(3)20(28)22(26,17-10-6-4-7-11-17)18-12-8-5-9-13-18;/h4-13H,14-16H2,1-3H3,(H,23,27);1H. The van der Waals surface area contributed by atoms with E-state index in [0.717, 1.165) is 4.90 Å². The molecule has 1 aliphatic rings. The quantitative estimate of drug-likeness (QED) is 0.681. The van der Waals surface area contributed by atoms with Gasteiger partial charge >= 0.3 is 6.03 Å². The number of likely N-dealkylation sites (N-methyl/N-ethyl adjacent to an activating group) is 2. The highest BCUT2D eigenvalue weighted by atomic mass is 35.5. The molecule has 0 atom stereocenters. The molecule has 8 heteroatoms. The summed E-state index contributed by atoms with van der Waals surface area (Å²) in [5.41, 5.74) is -0.0854. The molecule has 1 aliphatic heterocycles. The molecule has 0 aromatic heterocycles. The van der Waals surface area contributed by atoms with E-state index in [2.05, 4.69) is 5.32 Å². The fourth-order valence-electron chi connectivity index (χ4n) is 3.66. The lowest BCUT2D eigenvalue weighted by molar-refractivity contribution is -0.131. The zero-order valence-corrected chi connectivity index (χ0v) is 18.2. The number of nitrogens with zero attached hydrogens (tertiary/aromatic N) is 3. The third-order valence-electron chi connectivity index (χ3n) is 5.10. The summed E-state index contributed by atoms with van der Waals surface area (Å²) in [4.78, 5) is 43.5. The van der Waals surface area contributed by atoms with Crippen molar-refractivity contribution in [3.8, 4) is 0 Å². The largest absolute Gasteiger partial charge is 0.353 e. The monoisotopic (exact) mass is 430 g/mol. The van der Waals surface area contributed by atoms with Crippen molar-refractivity contribution >= 4 is 30.3 Å². The molecule has 0 spiro atoms. The van der Waals surface area contributed by atoms with E-state index in [0.29, 0.717) is 24.2 Å². The van der Waals surface area contributed by atoms with E-state index in [4.69, 9.17) is 0 Å². The van der Waals surface area contributed by atoms with Crippen LogP contribution >= 0.6 is 12.4 Å². The van der Waals surface area contributed by atoms with Gasteiger partial charge in [-0.05, 0) is 25.2 Å². The highest BCUT2D eigenvalue weighted by molar-refractivity contribution is 6.10. The van der Waals surface area contributed by atoms with Gasteiger partial charge in [0.2, 0.25) is 5.91 Å². The molecule has 2 aromatic carbocycles. The van der Waals surface area contributed by atoms with Gasteiger partial charge in [0.25, 0.3) is 5.91 Å². The van der Waals surface area contributed by atoms with Crippen molar-refractivity contribution in [2.45, 2.75) is 5.54 Å². The minimum Gasteiger partial charge on any atom is -0.353 e. The Morgan fingerprint density at radius 2 is 1.47 bits per heavy atom. The summed E-state index contributed by atoms with van der Waals surface area (Å²) in [5, 5.41) is 2.83. The van der Waals surface area contributed by atoms with E-state index in [1.54, 1.807) is 0 Å². The second kappa shape index (κ2) is 9.73. The van der Waals surface area contributed by atoms with Crippen molar-refractivity contribution in [1.82, 2.24) is 20.0 Å². The highest BCUT2D eigenvalue weighted by Gasteiger charge is 2.58. The van der Waals surface area contributed by atoms with Crippen molar-refractivity contribution < 1.29 is 14.4 Å². The molecule has 0 bridgehead atoms. The van der Waals surface area contributed by atoms with E-state index in [1.807, 2.05) is 79.7 Å². The predicted octanol–water partition coefficient (Wildman–Crippen LogP) is 1.92. The minimum atomic E-state index is -1.38. The van der Waals surface area contributed by atoms with Crippen LogP contribution in [0.2, 0.25) is 0 Å². The molecule has 1 fully saturated rings. The van der Waals surface area contributed by atoms with Crippen LogP contribution in [0.15, 0.2) is 60.7 Å². The first-order chi connectivity index (χ1) is 13.9. The van der Waals surface area contributed by atoms with Gasteiger partial charge in [-0.15, -0.1) is 12.4 Å². The molecule has 1 heterocycles. The van der Waals surface area contributed by atoms with Gasteiger partial charge in [-0.25, -0.2) is 4.79 Å². The Kier molecular flexibility index (Phi) is 7.59. The second-order valence-corrected chi connectivity index (χ2v) is 7.33. The van der Waals surface area contributed by atoms with Crippen LogP contribution in [-0.2, 0) is 15.1 Å². The summed E-state index contributed by atoms with van der Waals surface area (Å²) < 4.78 is 0. The van der Waals surface area contributed by atoms with E-state index >= 15 is 0 Å². The molecule has 1 N–H and O–H groups in total. The summed E-state index contributed by atoms with van der Waals surface area (Å²) in [7, 11) is 5.29. The Bertz CT molecular complexity index is 850. The Hall–Kier alpha value is -2.90. The lowest BCUT2D eigenvalue weighted by Crippen LogP contribution is -2.51. The van der Waals surface area contributed by atoms with Crippen molar-refractivity contribution in [1.29, 1.82) is 0 Å². The van der Waals surface area contributed by atoms with Crippen molar-refractivity contribution in [3.63, 3.8) is 0 Å². The van der Waals surface area contributed by atoms with E-state index in [9.17, 15) is 14.4 Å². The van der Waals surface area contributed by atoms with Gasteiger partial charge in [0, 0.05) is 20.1 Å². The molecular formula is C22H27ClN4O3. The van der Waals surface area contributed by atoms with Crippen LogP contribution in [0.1, 0.15) is 11.1 Å². The van der Waals surface area contributed by atoms with Crippen LogP contribution < -0.4 is 5.32 Å². The zero-order valence-electron chi connectivity index (χ0n) is 17.4. The van der Waals surface area contributed by atoms with Gasteiger partial charge in [-0.3, -0.25) is 19.4 Å². The number of carbonyl (C=O) groups excluding carboxylic acids is 3. The first-order valence-corrected chi connectivity index (χ1v) is 9.51. The Morgan fingerprint density at radius 1 is 0.967 bits per heavy atom. The Balaban J connectivity index is 0.00000320. The zero-order chi connectivity index (χ0) is 21.0. The summed E-state index contributed by atoms with van der Waals surface area (Å²) >= 11 is 0. The smallest absolute Gasteiger partial charge is 0.328 e. The molecule has 4 amide bonds. The third-order valence-corrected chi connectivity index (χ3v) is 5.10. The number of hydrogen-bond acceptors (Lipinski definition) is 4. The maximum atomic E-state index is 13.5. The number of halogens is 1. The lowest BCUT2D eigenvalue weighted by atomic mass is 9.81. The Labute approximate surface area is 183 Å². The summed E-state index contributed by atoms with van der Waals surface area (Å²) in [6.45, 7) is 0.925. The molecule has 3 rings (SSSR count). The molecule has 0 aliphatic carbocycles. The van der Waals surface area contributed by atoms with Crippen LogP contribution in [0, 0.1) is 0 Å². The van der Waals surface area contributed by atoms with Crippen molar-refractivity contribution in [2.75, 3.05) is 40.8 Å². The van der Waals surface area contributed by atoms with Gasteiger partial charge in [0.15, 0.2) is 5.54 Å². The van der Waals surface area contributed by atoms with Gasteiger partial charge in [-0.2, -0.15) is 0 Å². The number of imide groups is 1. The number of amides is 4. The Morgan fingerprint density at radius 3 is 1.93 bits per heavy atom. The molecular weight excluding hydrogens is 404 g/mol. The molecule has 0 unspecified atom stereocenters. The molecule has 7 nitrogen and oxygen atoms in total. The summed E-state index contributed by atoms with van der Waals surface area (Å²) in [6, 6.07) is 17.8. The van der Waals surface area contributed by atoms with Gasteiger partial charge in [0.1, 0.15) is 6.54 Å². The summed E-state index contributed by atoms with van der Waals surface area (Å²) in [6.07, 6.45) is 0. The first-order valence-electron chi connectivity index (χ1n) is 9.51. The topological polar surface area (TPSA) is 73.0 Å². The number of benzene rings is 2. The predicted molar refractivity (Wildman–Crippen MR) is 117 cm³/mol. The number of carbonyl (C=O) groups is 3. The first kappa shape index (κ1) is 23.4. The molecule has 1 saturated heterocycles. The van der Waals surface area contributed by atoms with Crippen LogP contribution in [-0.4, -0.2) is 73.3 Å². The van der Waals surface area contributed by atoms with Gasteiger partial charge in [-0.1, -0.05) is 60.7 Å². The summed E-state index contributed by atoms with van der Waals surface area (Å²) in [5.74, 6) is -0.680. The second-order valence-electron chi connectivity index (χ2n) is 7.33. The fourth-order valence-corrected chi connectivity index (χ4v) is 3.66. The lowest BCUT2D eigenvalue weighted by Gasteiger charge is -2.35. The fraction of sp³-hybridized carbons (Fsp3) is 0.318. The third kappa shape index (κ3) is 4.17. The average molecular weight is 431 g/mol. The van der Waals surface area contributed by atoms with E-state index in [-0.39, 0.29) is 30.8 Å². The normalized spacial score (nSPS) is 15.3. The van der Waals surface area contributed by atoms with Crippen molar-refractivity contribution in [2.24, 2.45) is 0 Å². The van der Waals surface area contributed by atoms with Crippen LogP contribution in [0.25, 0.3) is 0 Å². The van der Waals surface area contributed by atoms with Crippen LogP contribution in [0.5, 0.6) is 0 Å². The van der Waals surface area contributed by atoms with E-state index in [1.165, 1.54) is 11.9 Å². The number of hydrogen-bond donors (Lipinski definition) is 1.